The Kier molecular flexibility index (Phi) is 7.85. The van der Waals surface area contributed by atoms with Gasteiger partial charge in [0.25, 0.3) is 0 Å². The fourth-order valence-corrected chi connectivity index (χ4v) is 3.47. The molecule has 2 rings (SSSR count). The fourth-order valence-electron chi connectivity index (χ4n) is 2.36. The van der Waals surface area contributed by atoms with Crippen LogP contribution in [0.25, 0.3) is 0 Å². The summed E-state index contributed by atoms with van der Waals surface area (Å²) in [6.07, 6.45) is 1.85. The fraction of sp³-hybridized carbons (Fsp3) is 0.667. The van der Waals surface area contributed by atoms with Crippen molar-refractivity contribution < 1.29 is 0 Å². The Morgan fingerprint density at radius 3 is 2.78 bits per heavy atom. The minimum absolute atomic E-state index is 0. The monoisotopic (exact) mass is 450 g/mol. The van der Waals surface area contributed by atoms with Crippen LogP contribution in [0.2, 0.25) is 0 Å². The Morgan fingerprint density at radius 1 is 1.48 bits per heavy atom. The Bertz CT molecular complexity index is 554. The van der Waals surface area contributed by atoms with Crippen molar-refractivity contribution in [2.75, 3.05) is 25.4 Å². The van der Waals surface area contributed by atoms with Crippen LogP contribution in [-0.2, 0) is 13.6 Å². The summed E-state index contributed by atoms with van der Waals surface area (Å²) in [5, 5.41) is 11.6. The first kappa shape index (κ1) is 20.3. The van der Waals surface area contributed by atoms with Crippen LogP contribution in [0.4, 0.5) is 0 Å². The largest absolute Gasteiger partial charge is 0.353 e. The van der Waals surface area contributed by atoms with Crippen molar-refractivity contribution in [3.8, 4) is 0 Å². The molecule has 1 fully saturated rings. The molecular weight excluding hydrogens is 423 g/mol. The van der Waals surface area contributed by atoms with E-state index in [-0.39, 0.29) is 28.7 Å². The first-order valence-corrected chi connectivity index (χ1v) is 8.54. The maximum absolute atomic E-state index is 4.75. The van der Waals surface area contributed by atoms with E-state index in [0.29, 0.717) is 13.1 Å². The lowest BCUT2D eigenvalue weighted by molar-refractivity contribution is 0.376. The normalized spacial score (nSPS) is 17.6. The summed E-state index contributed by atoms with van der Waals surface area (Å²) in [6.45, 7) is 13.5. The van der Waals surface area contributed by atoms with Crippen LogP contribution in [0.1, 0.15) is 25.5 Å². The Morgan fingerprint density at radius 2 is 2.22 bits per heavy atom. The van der Waals surface area contributed by atoms with Crippen molar-refractivity contribution in [1.82, 2.24) is 25.0 Å². The average Bonchev–Trinajstić information content (AvgIpc) is 2.78. The number of aryl methyl sites for hydroxylation is 1. The summed E-state index contributed by atoms with van der Waals surface area (Å²) >= 11 is 2.01. The molecular formula is C15H27IN6S. The van der Waals surface area contributed by atoms with Gasteiger partial charge in [0, 0.05) is 37.2 Å². The van der Waals surface area contributed by atoms with Gasteiger partial charge < -0.3 is 14.8 Å². The molecule has 0 bridgehead atoms. The predicted octanol–water partition coefficient (Wildman–Crippen LogP) is 2.20. The van der Waals surface area contributed by atoms with Crippen molar-refractivity contribution in [2.24, 2.45) is 12.0 Å². The number of hydrogen-bond acceptors (Lipinski definition) is 4. The molecule has 0 aromatic carbocycles. The van der Waals surface area contributed by atoms with Gasteiger partial charge >= 0.3 is 0 Å². The van der Waals surface area contributed by atoms with Gasteiger partial charge in [0.2, 0.25) is 0 Å². The van der Waals surface area contributed by atoms with Crippen LogP contribution in [0.5, 0.6) is 0 Å². The molecule has 1 aromatic rings. The van der Waals surface area contributed by atoms with Crippen molar-refractivity contribution in [2.45, 2.75) is 32.1 Å². The van der Waals surface area contributed by atoms with E-state index in [1.165, 1.54) is 0 Å². The van der Waals surface area contributed by atoms with E-state index >= 15 is 0 Å². The molecule has 1 saturated heterocycles. The molecule has 1 aliphatic rings. The third kappa shape index (κ3) is 5.66. The van der Waals surface area contributed by atoms with E-state index in [1.54, 1.807) is 0 Å². The highest BCUT2D eigenvalue weighted by Gasteiger charge is 2.28. The van der Waals surface area contributed by atoms with Gasteiger partial charge in [0.05, 0.1) is 0 Å². The van der Waals surface area contributed by atoms with Crippen LogP contribution in [0.3, 0.4) is 0 Å². The van der Waals surface area contributed by atoms with Crippen LogP contribution in [0, 0.1) is 6.92 Å². The van der Waals surface area contributed by atoms with Crippen molar-refractivity contribution in [3.05, 3.63) is 24.3 Å². The van der Waals surface area contributed by atoms with E-state index < -0.39 is 0 Å². The second kappa shape index (κ2) is 8.91. The molecule has 1 aromatic heterocycles. The minimum atomic E-state index is 0. The van der Waals surface area contributed by atoms with Crippen LogP contribution < -0.4 is 5.32 Å². The summed E-state index contributed by atoms with van der Waals surface area (Å²) in [6, 6.07) is 0. The van der Waals surface area contributed by atoms with Gasteiger partial charge in [-0.3, -0.25) is 0 Å². The molecule has 2 heterocycles. The Balaban J connectivity index is 0.00000264. The smallest absolute Gasteiger partial charge is 0.194 e. The molecule has 1 N–H and O–H groups in total. The lowest BCUT2D eigenvalue weighted by Gasteiger charge is -2.39. The molecule has 0 saturated carbocycles. The van der Waals surface area contributed by atoms with E-state index in [1.807, 2.05) is 36.4 Å². The van der Waals surface area contributed by atoms with Crippen LogP contribution in [-0.4, -0.2) is 55.8 Å². The van der Waals surface area contributed by atoms with Crippen LogP contribution >= 0.6 is 35.7 Å². The number of hydrogen-bond donors (Lipinski definition) is 1. The molecule has 8 heteroatoms. The molecule has 0 aliphatic carbocycles. The van der Waals surface area contributed by atoms with Gasteiger partial charge in [0.1, 0.15) is 12.4 Å². The third-order valence-electron chi connectivity index (χ3n) is 3.68. The zero-order chi connectivity index (χ0) is 16.2. The molecule has 0 unspecified atom stereocenters. The van der Waals surface area contributed by atoms with Gasteiger partial charge in [-0.2, -0.15) is 11.8 Å². The van der Waals surface area contributed by atoms with Gasteiger partial charge in [0.15, 0.2) is 11.8 Å². The van der Waals surface area contributed by atoms with Gasteiger partial charge in [-0.25, -0.2) is 4.99 Å². The molecule has 0 spiro atoms. The standard InChI is InChI=1S/C15H26N6S.HI/c1-6-7-16-14(21-8-9-22-15(3,4)11-21)17-10-13-19-18-12(2)20(13)5;/h6H,1,7-11H2,2-5H3,(H,16,17);1H. The first-order chi connectivity index (χ1) is 10.4. The highest BCUT2D eigenvalue weighted by atomic mass is 127. The summed E-state index contributed by atoms with van der Waals surface area (Å²) in [7, 11) is 1.97. The van der Waals surface area contributed by atoms with E-state index in [2.05, 4.69) is 40.8 Å². The number of nitrogens with one attached hydrogen (secondary N) is 1. The number of aliphatic imine (C=N–C) groups is 1. The van der Waals surface area contributed by atoms with Crippen molar-refractivity contribution in [1.29, 1.82) is 0 Å². The lowest BCUT2D eigenvalue weighted by atomic mass is 10.2. The molecule has 0 radical (unpaired) electrons. The number of aromatic nitrogens is 3. The number of rotatable bonds is 4. The first-order valence-electron chi connectivity index (χ1n) is 7.56. The Hall–Kier alpha value is -0.770. The zero-order valence-electron chi connectivity index (χ0n) is 14.4. The van der Waals surface area contributed by atoms with Gasteiger partial charge in [-0.15, -0.1) is 40.8 Å². The summed E-state index contributed by atoms with van der Waals surface area (Å²) in [5.74, 6) is 3.82. The van der Waals surface area contributed by atoms with Crippen LogP contribution in [0.15, 0.2) is 17.6 Å². The summed E-state index contributed by atoms with van der Waals surface area (Å²) in [4.78, 5) is 7.07. The molecule has 130 valence electrons. The zero-order valence-corrected chi connectivity index (χ0v) is 17.5. The van der Waals surface area contributed by atoms with Gasteiger partial charge in [-0.1, -0.05) is 6.08 Å². The minimum Gasteiger partial charge on any atom is -0.353 e. The Labute approximate surface area is 160 Å². The molecule has 1 aliphatic heterocycles. The molecule has 6 nitrogen and oxygen atoms in total. The maximum atomic E-state index is 4.75. The lowest BCUT2D eigenvalue weighted by Crippen LogP contribution is -2.51. The third-order valence-corrected chi connectivity index (χ3v) is 4.98. The van der Waals surface area contributed by atoms with E-state index in [0.717, 1.165) is 36.5 Å². The topological polar surface area (TPSA) is 58.3 Å². The average molecular weight is 450 g/mol. The summed E-state index contributed by atoms with van der Waals surface area (Å²) < 4.78 is 2.22. The van der Waals surface area contributed by atoms with Crippen molar-refractivity contribution in [3.63, 3.8) is 0 Å². The maximum Gasteiger partial charge on any atom is 0.194 e. The van der Waals surface area contributed by atoms with E-state index in [9.17, 15) is 0 Å². The highest BCUT2D eigenvalue weighted by molar-refractivity contribution is 14.0. The number of halogens is 1. The SMILES string of the molecule is C=CCNC(=NCc1nnc(C)n1C)N1CCSC(C)(C)C1.I. The molecule has 0 atom stereocenters. The van der Waals surface area contributed by atoms with Gasteiger partial charge in [-0.05, 0) is 20.8 Å². The predicted molar refractivity (Wildman–Crippen MR) is 109 cm³/mol. The number of thioether (sulfide) groups is 1. The number of guanidine groups is 1. The highest BCUT2D eigenvalue weighted by Crippen LogP contribution is 2.29. The van der Waals surface area contributed by atoms with Crippen molar-refractivity contribution >= 4 is 41.7 Å². The second-order valence-corrected chi connectivity index (χ2v) is 7.86. The molecule has 0 amide bonds. The summed E-state index contributed by atoms with van der Waals surface area (Å²) in [5.41, 5.74) is 0. The number of nitrogens with zero attached hydrogens (tertiary/aromatic N) is 5. The molecule has 23 heavy (non-hydrogen) atoms. The van der Waals surface area contributed by atoms with E-state index in [4.69, 9.17) is 4.99 Å². The quantitative estimate of drug-likeness (QED) is 0.330. The second-order valence-electron chi connectivity index (χ2n) is 6.06.